The van der Waals surface area contributed by atoms with Crippen molar-refractivity contribution in [2.75, 3.05) is 23.7 Å². The zero-order valence-corrected chi connectivity index (χ0v) is 23.7. The van der Waals surface area contributed by atoms with Crippen molar-refractivity contribution in [2.24, 2.45) is 0 Å². The second-order valence-electron chi connectivity index (χ2n) is 10.3. The van der Waals surface area contributed by atoms with Crippen LogP contribution in [0.15, 0.2) is 83.9 Å². The number of benzene rings is 3. The van der Waals surface area contributed by atoms with Gasteiger partial charge in [0.25, 0.3) is 0 Å². The number of carbonyl (C=O) groups is 1. The second kappa shape index (κ2) is 11.1. The van der Waals surface area contributed by atoms with Crippen LogP contribution in [0.25, 0.3) is 11.1 Å². The van der Waals surface area contributed by atoms with Crippen molar-refractivity contribution in [1.29, 1.82) is 0 Å². The summed E-state index contributed by atoms with van der Waals surface area (Å²) in [5.74, 6) is 1.01. The van der Waals surface area contributed by atoms with Crippen LogP contribution in [0.1, 0.15) is 30.4 Å². The minimum Gasteiger partial charge on any atom is -0.369 e. The van der Waals surface area contributed by atoms with Crippen molar-refractivity contribution in [2.45, 2.75) is 36.1 Å². The van der Waals surface area contributed by atoms with Crippen molar-refractivity contribution >= 4 is 45.0 Å². The molecule has 0 atom stereocenters. The first-order valence-electron chi connectivity index (χ1n) is 13.4. The molecule has 4 N–H and O–H groups in total. The number of sulfonamides is 1. The molecule has 4 aromatic rings. The van der Waals surface area contributed by atoms with Crippen molar-refractivity contribution in [3.63, 3.8) is 0 Å². The van der Waals surface area contributed by atoms with Gasteiger partial charge in [0.1, 0.15) is 5.82 Å². The Morgan fingerprint density at radius 1 is 1.00 bits per heavy atom. The third-order valence-electron chi connectivity index (χ3n) is 7.41. The van der Waals surface area contributed by atoms with Gasteiger partial charge < -0.3 is 16.0 Å². The van der Waals surface area contributed by atoms with E-state index in [0.29, 0.717) is 48.5 Å². The van der Waals surface area contributed by atoms with E-state index in [9.17, 15) is 13.2 Å². The quantitative estimate of drug-likeness (QED) is 0.259. The highest BCUT2D eigenvalue weighted by Crippen LogP contribution is 2.49. The standard InChI is InChI=1S/C30H29ClN6O3S/c31-23-5-1-4-22(16-23)30(12-13-30)28(38)33-18-20-8-10-21(11-9-20)26-19-34-29-36-24-6-2-7-25(17-24)41(39,40)35-15-3-14-32-27(26)37-29/h1-2,4-11,16-17,19,35H,3,12-15,18H2,(H,33,38)(H2,32,34,36,37). The molecule has 1 saturated carbocycles. The first-order valence-corrected chi connectivity index (χ1v) is 15.3. The second-order valence-corrected chi connectivity index (χ2v) is 12.5. The molecule has 6 rings (SSSR count). The van der Waals surface area contributed by atoms with Gasteiger partial charge in [-0.15, -0.1) is 0 Å². The third kappa shape index (κ3) is 5.90. The number of hydrogen-bond acceptors (Lipinski definition) is 7. The Balaban J connectivity index is 1.18. The summed E-state index contributed by atoms with van der Waals surface area (Å²) < 4.78 is 27.9. The Morgan fingerprint density at radius 3 is 2.59 bits per heavy atom. The molecule has 2 heterocycles. The number of nitrogens with zero attached hydrogens (tertiary/aromatic N) is 2. The summed E-state index contributed by atoms with van der Waals surface area (Å²) in [7, 11) is -3.61. The molecular formula is C30H29ClN6O3S. The van der Waals surface area contributed by atoms with Gasteiger partial charge in [-0.1, -0.05) is 54.1 Å². The van der Waals surface area contributed by atoms with Crippen molar-refractivity contribution in [1.82, 2.24) is 20.0 Å². The lowest BCUT2D eigenvalue weighted by Crippen LogP contribution is -2.34. The molecule has 2 aliphatic rings. The Hall–Kier alpha value is -3.99. The summed E-state index contributed by atoms with van der Waals surface area (Å²) >= 11 is 6.16. The van der Waals surface area contributed by atoms with Crippen LogP contribution in [0.2, 0.25) is 5.02 Å². The zero-order chi connectivity index (χ0) is 28.5. The van der Waals surface area contributed by atoms with Gasteiger partial charge in [-0.25, -0.2) is 18.1 Å². The lowest BCUT2D eigenvalue weighted by atomic mass is 9.95. The summed E-state index contributed by atoms with van der Waals surface area (Å²) in [6, 6.07) is 22.0. The largest absolute Gasteiger partial charge is 0.369 e. The fourth-order valence-electron chi connectivity index (χ4n) is 4.95. The van der Waals surface area contributed by atoms with E-state index in [4.69, 9.17) is 11.6 Å². The van der Waals surface area contributed by atoms with Crippen LogP contribution in [0.3, 0.4) is 0 Å². The van der Waals surface area contributed by atoms with Crippen LogP contribution in [-0.4, -0.2) is 37.4 Å². The zero-order valence-electron chi connectivity index (χ0n) is 22.2. The van der Waals surface area contributed by atoms with Gasteiger partial charge in [0.2, 0.25) is 21.9 Å². The maximum absolute atomic E-state index is 13.1. The van der Waals surface area contributed by atoms with E-state index in [2.05, 4.69) is 30.6 Å². The molecular weight excluding hydrogens is 560 g/mol. The number of aromatic nitrogens is 2. The maximum Gasteiger partial charge on any atom is 0.240 e. The van der Waals surface area contributed by atoms with E-state index in [-0.39, 0.29) is 10.8 Å². The van der Waals surface area contributed by atoms with Crippen molar-refractivity contribution in [3.8, 4) is 11.1 Å². The van der Waals surface area contributed by atoms with E-state index in [1.54, 1.807) is 30.5 Å². The Morgan fingerprint density at radius 2 is 1.80 bits per heavy atom. The van der Waals surface area contributed by atoms with E-state index in [1.165, 1.54) is 0 Å². The SMILES string of the molecule is O=C(NCc1ccc(-c2cnc3nc2NCCCNS(=O)(=O)c2cccc(c2)N3)cc1)C1(c2cccc(Cl)c2)CC1. The molecule has 0 spiro atoms. The van der Waals surface area contributed by atoms with Gasteiger partial charge in [0.15, 0.2) is 0 Å². The van der Waals surface area contributed by atoms with E-state index >= 15 is 0 Å². The molecule has 1 fully saturated rings. The molecule has 11 heteroatoms. The Bertz CT molecular complexity index is 1710. The highest BCUT2D eigenvalue weighted by molar-refractivity contribution is 7.89. The number of fused-ring (bicyclic) bond motifs is 4. The smallest absolute Gasteiger partial charge is 0.240 e. The monoisotopic (exact) mass is 588 g/mol. The van der Waals surface area contributed by atoms with Gasteiger partial charge in [-0.2, -0.15) is 4.98 Å². The molecule has 210 valence electrons. The maximum atomic E-state index is 13.1. The van der Waals surface area contributed by atoms with Gasteiger partial charge in [0, 0.05) is 42.1 Å². The van der Waals surface area contributed by atoms with Crippen LogP contribution in [0, 0.1) is 0 Å². The average Bonchev–Trinajstić information content (AvgIpc) is 3.78. The predicted octanol–water partition coefficient (Wildman–Crippen LogP) is 4.98. The van der Waals surface area contributed by atoms with E-state index < -0.39 is 15.4 Å². The highest BCUT2D eigenvalue weighted by Gasteiger charge is 2.51. The minimum atomic E-state index is -3.61. The number of carbonyl (C=O) groups excluding carboxylic acids is 1. The predicted molar refractivity (Wildman–Crippen MR) is 160 cm³/mol. The molecule has 41 heavy (non-hydrogen) atoms. The summed E-state index contributed by atoms with van der Waals surface area (Å²) in [6.07, 6.45) is 3.95. The molecule has 1 aromatic heterocycles. The molecule has 1 amide bonds. The molecule has 0 radical (unpaired) electrons. The van der Waals surface area contributed by atoms with Crippen molar-refractivity contribution < 1.29 is 13.2 Å². The number of nitrogens with one attached hydrogen (secondary N) is 4. The first kappa shape index (κ1) is 27.2. The average molecular weight is 589 g/mol. The van der Waals surface area contributed by atoms with E-state index in [0.717, 1.165) is 35.1 Å². The molecule has 9 nitrogen and oxygen atoms in total. The number of hydrogen-bond donors (Lipinski definition) is 4. The number of halogens is 1. The summed E-state index contributed by atoms with van der Waals surface area (Å²) in [5, 5.41) is 10.2. The molecule has 4 bridgehead atoms. The topological polar surface area (TPSA) is 125 Å². The third-order valence-corrected chi connectivity index (χ3v) is 9.10. The Labute approximate surface area is 243 Å². The summed E-state index contributed by atoms with van der Waals surface area (Å²) in [6.45, 7) is 1.22. The lowest BCUT2D eigenvalue weighted by molar-refractivity contribution is -0.123. The fourth-order valence-corrected chi connectivity index (χ4v) is 6.26. The minimum absolute atomic E-state index is 0.0172. The number of amides is 1. The van der Waals surface area contributed by atoms with E-state index in [1.807, 2.05) is 48.5 Å². The molecule has 3 aromatic carbocycles. The van der Waals surface area contributed by atoms with Gasteiger partial charge in [-0.3, -0.25) is 4.79 Å². The van der Waals surface area contributed by atoms with Crippen LogP contribution >= 0.6 is 11.6 Å². The highest BCUT2D eigenvalue weighted by atomic mass is 35.5. The lowest BCUT2D eigenvalue weighted by Gasteiger charge is -2.16. The first-order chi connectivity index (χ1) is 19.8. The molecule has 1 aliphatic carbocycles. The van der Waals surface area contributed by atoms with Gasteiger partial charge in [-0.05, 0) is 66.3 Å². The van der Waals surface area contributed by atoms with Crippen LogP contribution in [0.4, 0.5) is 17.5 Å². The molecule has 1 aliphatic heterocycles. The number of anilines is 3. The summed E-state index contributed by atoms with van der Waals surface area (Å²) in [5.41, 5.74) is 3.75. The Kier molecular flexibility index (Phi) is 7.37. The van der Waals surface area contributed by atoms with Gasteiger partial charge >= 0.3 is 0 Å². The summed E-state index contributed by atoms with van der Waals surface area (Å²) in [4.78, 5) is 22.4. The van der Waals surface area contributed by atoms with Crippen LogP contribution < -0.4 is 20.7 Å². The van der Waals surface area contributed by atoms with Crippen LogP contribution in [0.5, 0.6) is 0 Å². The molecule has 0 saturated heterocycles. The van der Waals surface area contributed by atoms with Crippen molar-refractivity contribution in [3.05, 3.63) is 95.1 Å². The number of rotatable bonds is 5. The molecule has 0 unspecified atom stereocenters. The van der Waals surface area contributed by atoms with Gasteiger partial charge in [0.05, 0.1) is 10.3 Å². The fraction of sp³-hybridized carbons (Fsp3) is 0.233. The van der Waals surface area contributed by atoms with Crippen LogP contribution in [-0.2, 0) is 26.8 Å². The normalized spacial score (nSPS) is 17.0.